The summed E-state index contributed by atoms with van der Waals surface area (Å²) < 4.78 is 84.6. The number of halogens is 6. The van der Waals surface area contributed by atoms with Gasteiger partial charge in [-0.25, -0.2) is 31.3 Å². The van der Waals surface area contributed by atoms with Crippen LogP contribution < -0.4 is 16.0 Å². The summed E-state index contributed by atoms with van der Waals surface area (Å²) in [5, 5.41) is -0.420. The Bertz CT molecular complexity index is 1190. The summed E-state index contributed by atoms with van der Waals surface area (Å²) >= 11 is 0. The number of benzene rings is 3. The van der Waals surface area contributed by atoms with E-state index in [-0.39, 0.29) is 5.44 Å². The Kier molecular flexibility index (Phi) is 5.01. The van der Waals surface area contributed by atoms with Gasteiger partial charge in [-0.15, -0.1) is 0 Å². The van der Waals surface area contributed by atoms with Crippen LogP contribution in [0.5, 0.6) is 0 Å². The summed E-state index contributed by atoms with van der Waals surface area (Å²) in [5.74, 6) is -8.07. The van der Waals surface area contributed by atoms with E-state index in [2.05, 4.69) is 4.98 Å². The van der Waals surface area contributed by atoms with Crippen molar-refractivity contribution in [3.63, 3.8) is 0 Å². The fourth-order valence-corrected chi connectivity index (χ4v) is 5.26. The van der Waals surface area contributed by atoms with Gasteiger partial charge in [-0.3, -0.25) is 0 Å². The Hall–Kier alpha value is -2.92. The van der Waals surface area contributed by atoms with E-state index in [1.165, 1.54) is 6.07 Å². The lowest BCUT2D eigenvalue weighted by atomic mass is 10.2. The summed E-state index contributed by atoms with van der Waals surface area (Å²) in [6.45, 7) is 0. The van der Waals surface area contributed by atoms with Crippen LogP contribution in [0.1, 0.15) is 0 Å². The average molecular weight is 421 g/mol. The number of fused-ring (bicyclic) bond motifs is 1. The minimum atomic E-state index is -2.45. The van der Waals surface area contributed by atoms with Crippen LogP contribution in [0.2, 0.25) is 0 Å². The summed E-state index contributed by atoms with van der Waals surface area (Å²) in [5.41, 5.74) is 0.485. The first kappa shape index (κ1) is 19.4. The second-order valence-corrected chi connectivity index (χ2v) is 8.23. The number of hydrogen-bond donors (Lipinski definition) is 0. The molecule has 3 aromatic carbocycles. The van der Waals surface area contributed by atoms with Crippen LogP contribution in [-0.4, -0.2) is 4.98 Å². The molecule has 146 valence electrons. The number of pyridine rings is 1. The standard InChI is InChI=1S/C21H10F6NP/c22-12-7-14(24)20(26)17(9-12)29(18-10-13(23)8-15(25)21(18)27)19-6-5-11-3-1-2-4-16(11)28-19/h1-10H. The lowest BCUT2D eigenvalue weighted by Gasteiger charge is -2.20. The molecule has 0 N–H and O–H groups in total. The van der Waals surface area contributed by atoms with E-state index in [1.54, 1.807) is 30.3 Å². The molecular weight excluding hydrogens is 411 g/mol. The van der Waals surface area contributed by atoms with Gasteiger partial charge in [0.15, 0.2) is 23.3 Å². The number of para-hydroxylation sites is 1. The fourth-order valence-electron chi connectivity index (χ4n) is 2.97. The summed E-state index contributed by atoms with van der Waals surface area (Å²) in [7, 11) is -2.45. The van der Waals surface area contributed by atoms with E-state index in [0.29, 0.717) is 35.2 Å². The van der Waals surface area contributed by atoms with Gasteiger partial charge in [0.1, 0.15) is 11.6 Å². The molecule has 0 saturated carbocycles. The number of aromatic nitrogens is 1. The molecular formula is C21H10F6NP. The summed E-state index contributed by atoms with van der Waals surface area (Å²) in [6, 6.07) is 11.9. The maximum Gasteiger partial charge on any atom is 0.167 e. The average Bonchev–Trinajstić information content (AvgIpc) is 2.69. The van der Waals surface area contributed by atoms with Crippen molar-refractivity contribution in [1.29, 1.82) is 0 Å². The maximum atomic E-state index is 14.6. The Morgan fingerprint density at radius 1 is 0.621 bits per heavy atom. The quantitative estimate of drug-likeness (QED) is 0.263. The van der Waals surface area contributed by atoms with Gasteiger partial charge in [0, 0.05) is 36.0 Å². The van der Waals surface area contributed by atoms with Gasteiger partial charge in [-0.05, 0) is 24.3 Å². The van der Waals surface area contributed by atoms with Gasteiger partial charge in [-0.1, -0.05) is 24.3 Å². The van der Waals surface area contributed by atoms with E-state index in [0.717, 1.165) is 0 Å². The predicted molar refractivity (Wildman–Crippen MR) is 100 cm³/mol. The Morgan fingerprint density at radius 3 is 1.76 bits per heavy atom. The van der Waals surface area contributed by atoms with Gasteiger partial charge in [0.25, 0.3) is 0 Å². The molecule has 0 bridgehead atoms. The molecule has 0 aliphatic heterocycles. The Balaban J connectivity index is 2.05. The molecule has 0 aliphatic rings. The van der Waals surface area contributed by atoms with Crippen LogP contribution in [0.25, 0.3) is 10.9 Å². The van der Waals surface area contributed by atoms with Crippen molar-refractivity contribution in [2.24, 2.45) is 0 Å². The predicted octanol–water partition coefficient (Wildman–Crippen LogP) is 4.83. The fraction of sp³-hybridized carbons (Fsp3) is 0. The van der Waals surface area contributed by atoms with Gasteiger partial charge < -0.3 is 0 Å². The minimum Gasteiger partial charge on any atom is -0.247 e. The van der Waals surface area contributed by atoms with Crippen molar-refractivity contribution in [2.45, 2.75) is 0 Å². The highest BCUT2D eigenvalue weighted by Gasteiger charge is 2.29. The van der Waals surface area contributed by atoms with Crippen molar-refractivity contribution in [3.05, 3.63) is 95.6 Å². The molecule has 0 aliphatic carbocycles. The zero-order valence-corrected chi connectivity index (χ0v) is 15.3. The lowest BCUT2D eigenvalue weighted by Crippen LogP contribution is -2.28. The first-order valence-corrected chi connectivity index (χ1v) is 9.64. The smallest absolute Gasteiger partial charge is 0.167 e. The molecule has 0 unspecified atom stereocenters. The van der Waals surface area contributed by atoms with Gasteiger partial charge in [0.2, 0.25) is 0 Å². The van der Waals surface area contributed by atoms with Crippen molar-refractivity contribution in [3.8, 4) is 0 Å². The second-order valence-electron chi connectivity index (χ2n) is 6.14. The van der Waals surface area contributed by atoms with E-state index in [1.807, 2.05) is 0 Å². The van der Waals surface area contributed by atoms with Gasteiger partial charge in [0.05, 0.1) is 11.0 Å². The highest BCUT2D eigenvalue weighted by molar-refractivity contribution is 7.79. The molecule has 0 atom stereocenters. The topological polar surface area (TPSA) is 12.9 Å². The molecule has 0 saturated heterocycles. The number of hydrogen-bond acceptors (Lipinski definition) is 1. The second kappa shape index (κ2) is 7.48. The normalized spacial score (nSPS) is 11.4. The number of rotatable bonds is 3. The third kappa shape index (κ3) is 3.58. The Labute approximate surface area is 162 Å². The number of nitrogens with zero attached hydrogens (tertiary/aromatic N) is 1. The van der Waals surface area contributed by atoms with E-state index >= 15 is 0 Å². The van der Waals surface area contributed by atoms with Crippen LogP contribution in [0, 0.1) is 34.9 Å². The zero-order valence-electron chi connectivity index (χ0n) is 14.4. The van der Waals surface area contributed by atoms with Gasteiger partial charge in [-0.2, -0.15) is 0 Å². The minimum absolute atomic E-state index is 0.0338. The molecule has 0 spiro atoms. The molecule has 1 aromatic heterocycles. The lowest BCUT2D eigenvalue weighted by molar-refractivity contribution is 0.499. The third-order valence-electron chi connectivity index (χ3n) is 4.24. The third-order valence-corrected chi connectivity index (χ3v) is 6.56. The van der Waals surface area contributed by atoms with Crippen LogP contribution in [0.4, 0.5) is 26.3 Å². The molecule has 29 heavy (non-hydrogen) atoms. The molecule has 1 heterocycles. The van der Waals surface area contributed by atoms with Crippen molar-refractivity contribution in [1.82, 2.24) is 4.98 Å². The molecule has 8 heteroatoms. The van der Waals surface area contributed by atoms with Crippen molar-refractivity contribution >= 4 is 34.9 Å². The maximum absolute atomic E-state index is 14.6. The molecule has 0 amide bonds. The summed E-state index contributed by atoms with van der Waals surface area (Å²) in [4.78, 5) is 4.33. The molecule has 4 aromatic rings. The van der Waals surface area contributed by atoms with Gasteiger partial charge >= 0.3 is 0 Å². The Morgan fingerprint density at radius 2 is 1.17 bits per heavy atom. The highest BCUT2D eigenvalue weighted by Crippen LogP contribution is 2.36. The summed E-state index contributed by atoms with van der Waals surface area (Å²) in [6.07, 6.45) is 0. The van der Waals surface area contributed by atoms with E-state index in [9.17, 15) is 26.3 Å². The van der Waals surface area contributed by atoms with Crippen molar-refractivity contribution in [2.75, 3.05) is 0 Å². The first-order valence-electron chi connectivity index (χ1n) is 8.30. The molecule has 0 fully saturated rings. The van der Waals surface area contributed by atoms with Crippen LogP contribution in [0.15, 0.2) is 60.7 Å². The zero-order chi connectivity index (χ0) is 20.7. The molecule has 0 radical (unpaired) electrons. The SMILES string of the molecule is Fc1cc(F)c(F)c(P(c2ccc3ccccc3n2)c2cc(F)cc(F)c2F)c1. The molecule has 4 rings (SSSR count). The monoisotopic (exact) mass is 421 g/mol. The molecule has 1 nitrogen and oxygen atoms in total. The highest BCUT2D eigenvalue weighted by atomic mass is 31.1. The van der Waals surface area contributed by atoms with Crippen LogP contribution in [0.3, 0.4) is 0 Å². The van der Waals surface area contributed by atoms with E-state index in [4.69, 9.17) is 0 Å². The van der Waals surface area contributed by atoms with E-state index < -0.39 is 53.4 Å². The first-order chi connectivity index (χ1) is 13.8. The van der Waals surface area contributed by atoms with Crippen LogP contribution >= 0.6 is 7.92 Å². The largest absolute Gasteiger partial charge is 0.247 e. The van der Waals surface area contributed by atoms with Crippen molar-refractivity contribution < 1.29 is 26.3 Å². The van der Waals surface area contributed by atoms with Crippen LogP contribution in [-0.2, 0) is 0 Å².